The SMILES string of the molecule is Cc1ccccc1C(C(=O)Nc1ccc2cccnc2c1)C1CCCC1. The summed E-state index contributed by atoms with van der Waals surface area (Å²) in [6.07, 6.45) is 6.49. The molecule has 1 saturated carbocycles. The van der Waals surface area contributed by atoms with Gasteiger partial charge in [-0.2, -0.15) is 0 Å². The van der Waals surface area contributed by atoms with Crippen LogP contribution in [0.3, 0.4) is 0 Å². The van der Waals surface area contributed by atoms with Crippen LogP contribution in [0.15, 0.2) is 60.8 Å². The summed E-state index contributed by atoms with van der Waals surface area (Å²) in [5.41, 5.74) is 4.08. The number of nitrogens with zero attached hydrogens (tertiary/aromatic N) is 1. The molecular formula is C23H24N2O. The average molecular weight is 344 g/mol. The lowest BCUT2D eigenvalue weighted by Crippen LogP contribution is -2.27. The van der Waals surface area contributed by atoms with E-state index < -0.39 is 0 Å². The van der Waals surface area contributed by atoms with Gasteiger partial charge in [-0.05, 0) is 55.0 Å². The summed E-state index contributed by atoms with van der Waals surface area (Å²) in [6, 6.07) is 18.2. The van der Waals surface area contributed by atoms with Crippen LogP contribution in [0, 0.1) is 12.8 Å². The fraction of sp³-hybridized carbons (Fsp3) is 0.304. The highest BCUT2D eigenvalue weighted by Crippen LogP contribution is 2.39. The molecule has 0 spiro atoms. The molecule has 1 aliphatic carbocycles. The molecule has 0 bridgehead atoms. The summed E-state index contributed by atoms with van der Waals surface area (Å²) < 4.78 is 0. The number of hydrogen-bond acceptors (Lipinski definition) is 2. The molecule has 2 aromatic carbocycles. The topological polar surface area (TPSA) is 42.0 Å². The fourth-order valence-corrected chi connectivity index (χ4v) is 4.20. The molecule has 4 rings (SSSR count). The van der Waals surface area contributed by atoms with Crippen molar-refractivity contribution in [3.63, 3.8) is 0 Å². The second-order valence-electron chi connectivity index (χ2n) is 7.28. The summed E-state index contributed by atoms with van der Waals surface area (Å²) in [5.74, 6) is 0.439. The van der Waals surface area contributed by atoms with Crippen LogP contribution < -0.4 is 5.32 Å². The van der Waals surface area contributed by atoms with Crippen molar-refractivity contribution in [2.45, 2.75) is 38.5 Å². The third-order valence-electron chi connectivity index (χ3n) is 5.55. The number of benzene rings is 2. The third kappa shape index (κ3) is 3.34. The minimum atomic E-state index is -0.0851. The van der Waals surface area contributed by atoms with Crippen molar-refractivity contribution in [2.75, 3.05) is 5.32 Å². The van der Waals surface area contributed by atoms with Gasteiger partial charge in [0.1, 0.15) is 0 Å². The van der Waals surface area contributed by atoms with E-state index in [0.29, 0.717) is 5.92 Å². The van der Waals surface area contributed by atoms with Crippen molar-refractivity contribution in [3.8, 4) is 0 Å². The van der Waals surface area contributed by atoms with Crippen LogP contribution >= 0.6 is 0 Å². The molecule has 1 unspecified atom stereocenters. The maximum Gasteiger partial charge on any atom is 0.232 e. The zero-order valence-corrected chi connectivity index (χ0v) is 15.1. The van der Waals surface area contributed by atoms with Crippen LogP contribution in [0.1, 0.15) is 42.7 Å². The number of anilines is 1. The lowest BCUT2D eigenvalue weighted by atomic mass is 9.82. The van der Waals surface area contributed by atoms with Gasteiger partial charge in [0.15, 0.2) is 0 Å². The Labute approximate surface area is 154 Å². The first-order valence-corrected chi connectivity index (χ1v) is 9.43. The molecule has 1 aromatic heterocycles. The van der Waals surface area contributed by atoms with Crippen LogP contribution in [0.5, 0.6) is 0 Å². The fourth-order valence-electron chi connectivity index (χ4n) is 4.20. The van der Waals surface area contributed by atoms with Gasteiger partial charge in [-0.1, -0.05) is 49.2 Å². The van der Waals surface area contributed by atoms with Crippen LogP contribution in [0.25, 0.3) is 10.9 Å². The second-order valence-corrected chi connectivity index (χ2v) is 7.28. The van der Waals surface area contributed by atoms with E-state index in [1.54, 1.807) is 6.20 Å². The summed E-state index contributed by atoms with van der Waals surface area (Å²) in [5, 5.41) is 4.24. The Kier molecular flexibility index (Phi) is 4.70. The zero-order valence-electron chi connectivity index (χ0n) is 15.1. The number of nitrogens with one attached hydrogen (secondary N) is 1. The first-order chi connectivity index (χ1) is 12.7. The van der Waals surface area contributed by atoms with Gasteiger partial charge in [0.05, 0.1) is 11.4 Å². The van der Waals surface area contributed by atoms with Crippen LogP contribution in [0.2, 0.25) is 0 Å². The van der Waals surface area contributed by atoms with Crippen molar-refractivity contribution in [1.82, 2.24) is 4.98 Å². The number of carbonyl (C=O) groups excluding carboxylic acids is 1. The second kappa shape index (κ2) is 7.28. The van der Waals surface area contributed by atoms with Gasteiger partial charge < -0.3 is 5.32 Å². The summed E-state index contributed by atoms with van der Waals surface area (Å²) in [4.78, 5) is 17.6. The molecule has 26 heavy (non-hydrogen) atoms. The monoisotopic (exact) mass is 344 g/mol. The molecule has 0 radical (unpaired) electrons. The smallest absolute Gasteiger partial charge is 0.232 e. The number of pyridine rings is 1. The molecule has 1 aliphatic rings. The van der Waals surface area contributed by atoms with Crippen molar-refractivity contribution in [1.29, 1.82) is 0 Å². The standard InChI is InChI=1S/C23H24N2O/c1-16-7-2-5-11-20(16)22(18-8-3-4-9-18)23(26)25-19-13-12-17-10-6-14-24-21(17)15-19/h2,5-7,10-15,18,22H,3-4,8-9H2,1H3,(H,25,26). The van der Waals surface area contributed by atoms with Gasteiger partial charge in [0.25, 0.3) is 0 Å². The van der Waals surface area contributed by atoms with Crippen LogP contribution in [0.4, 0.5) is 5.69 Å². The van der Waals surface area contributed by atoms with Crippen LogP contribution in [-0.4, -0.2) is 10.9 Å². The summed E-state index contributed by atoms with van der Waals surface area (Å²) in [6.45, 7) is 2.10. The molecule has 1 heterocycles. The number of hydrogen-bond donors (Lipinski definition) is 1. The number of rotatable bonds is 4. The highest BCUT2D eigenvalue weighted by atomic mass is 16.1. The summed E-state index contributed by atoms with van der Waals surface area (Å²) >= 11 is 0. The molecule has 132 valence electrons. The molecular weight excluding hydrogens is 320 g/mol. The number of fused-ring (bicyclic) bond motifs is 1. The predicted octanol–water partition coefficient (Wildman–Crippen LogP) is 5.46. The van der Waals surface area contributed by atoms with E-state index in [9.17, 15) is 4.79 Å². The first-order valence-electron chi connectivity index (χ1n) is 9.43. The van der Waals surface area contributed by atoms with E-state index in [-0.39, 0.29) is 11.8 Å². The van der Waals surface area contributed by atoms with Gasteiger partial charge in [0, 0.05) is 17.3 Å². The van der Waals surface area contributed by atoms with Gasteiger partial charge in [-0.25, -0.2) is 0 Å². The Bertz CT molecular complexity index is 928. The van der Waals surface area contributed by atoms with E-state index in [4.69, 9.17) is 0 Å². The van der Waals surface area contributed by atoms with E-state index in [2.05, 4.69) is 29.4 Å². The molecule has 1 amide bonds. The van der Waals surface area contributed by atoms with E-state index >= 15 is 0 Å². The minimum Gasteiger partial charge on any atom is -0.325 e. The van der Waals surface area contributed by atoms with Crippen molar-refractivity contribution in [2.24, 2.45) is 5.92 Å². The average Bonchev–Trinajstić information content (AvgIpc) is 3.18. The molecule has 0 aliphatic heterocycles. The molecule has 1 N–H and O–H groups in total. The Hall–Kier alpha value is -2.68. The Morgan fingerprint density at radius 3 is 2.69 bits per heavy atom. The van der Waals surface area contributed by atoms with Gasteiger partial charge in [0.2, 0.25) is 5.91 Å². The Balaban J connectivity index is 1.64. The quantitative estimate of drug-likeness (QED) is 0.683. The van der Waals surface area contributed by atoms with E-state index in [1.807, 2.05) is 42.5 Å². The molecule has 3 heteroatoms. The molecule has 3 nitrogen and oxygen atoms in total. The van der Waals surface area contributed by atoms with Crippen molar-refractivity contribution in [3.05, 3.63) is 71.9 Å². The van der Waals surface area contributed by atoms with Gasteiger partial charge >= 0.3 is 0 Å². The summed E-state index contributed by atoms with van der Waals surface area (Å²) in [7, 11) is 0. The molecule has 0 saturated heterocycles. The number of aromatic nitrogens is 1. The van der Waals surface area contributed by atoms with Crippen LogP contribution in [-0.2, 0) is 4.79 Å². The molecule has 3 aromatic rings. The Morgan fingerprint density at radius 2 is 1.88 bits per heavy atom. The van der Waals surface area contributed by atoms with Gasteiger partial charge in [-0.15, -0.1) is 0 Å². The van der Waals surface area contributed by atoms with E-state index in [0.717, 1.165) is 35.0 Å². The lowest BCUT2D eigenvalue weighted by molar-refractivity contribution is -0.118. The van der Waals surface area contributed by atoms with Gasteiger partial charge in [-0.3, -0.25) is 9.78 Å². The largest absolute Gasteiger partial charge is 0.325 e. The van der Waals surface area contributed by atoms with E-state index in [1.165, 1.54) is 18.4 Å². The number of aryl methyl sites for hydroxylation is 1. The maximum absolute atomic E-state index is 13.3. The normalized spacial score (nSPS) is 15.9. The highest BCUT2D eigenvalue weighted by molar-refractivity contribution is 5.98. The number of amides is 1. The zero-order chi connectivity index (χ0) is 17.9. The first kappa shape index (κ1) is 16.8. The minimum absolute atomic E-state index is 0.0851. The van der Waals surface area contributed by atoms with Crippen molar-refractivity contribution < 1.29 is 4.79 Å². The third-order valence-corrected chi connectivity index (χ3v) is 5.55. The maximum atomic E-state index is 13.3. The van der Waals surface area contributed by atoms with Crippen molar-refractivity contribution >= 4 is 22.5 Å². The molecule has 1 fully saturated rings. The highest BCUT2D eigenvalue weighted by Gasteiger charge is 2.32. The Morgan fingerprint density at radius 1 is 1.08 bits per heavy atom. The predicted molar refractivity (Wildman–Crippen MR) is 106 cm³/mol. The number of carbonyl (C=O) groups is 1. The lowest BCUT2D eigenvalue weighted by Gasteiger charge is -2.24. The molecule has 1 atom stereocenters.